The maximum Gasteiger partial charge on any atom is 0.251 e. The second-order valence-corrected chi connectivity index (χ2v) is 10.5. The Kier molecular flexibility index (Phi) is 7.43. The summed E-state index contributed by atoms with van der Waals surface area (Å²) in [6, 6.07) is 21.2. The van der Waals surface area contributed by atoms with Crippen LogP contribution in [0.4, 0.5) is 0 Å². The fourth-order valence-corrected chi connectivity index (χ4v) is 5.42. The Morgan fingerprint density at radius 1 is 1.13 bits per heavy atom. The van der Waals surface area contributed by atoms with Crippen molar-refractivity contribution in [3.05, 3.63) is 89.0 Å². The summed E-state index contributed by atoms with van der Waals surface area (Å²) in [6.45, 7) is 9.52. The lowest BCUT2D eigenvalue weighted by Gasteiger charge is -2.31. The standard InChI is InChI=1S/C32H36N2O4/c1-20-15-16-34(18-20)21(2)19-37-27-12-9-24(10-13-27)31-30(23-5-7-25(8-6-23)32(36)33-4)22(3)28-17-26(35)11-14-29(28)38-31/h5-14,17,20-21,31,35H,15-16,18-19H2,1-4H3,(H,33,36)/t20-,21+,31?/m1/s1. The topological polar surface area (TPSA) is 71.0 Å². The van der Waals surface area contributed by atoms with Crippen LogP contribution in [0.3, 0.4) is 0 Å². The number of nitrogens with one attached hydrogen (secondary N) is 1. The number of phenols is 1. The van der Waals surface area contributed by atoms with E-state index >= 15 is 0 Å². The largest absolute Gasteiger partial charge is 0.508 e. The Labute approximate surface area is 224 Å². The molecule has 3 aromatic carbocycles. The van der Waals surface area contributed by atoms with Crippen molar-refractivity contribution in [3.8, 4) is 17.2 Å². The first kappa shape index (κ1) is 25.9. The first-order valence-corrected chi connectivity index (χ1v) is 13.3. The van der Waals surface area contributed by atoms with Gasteiger partial charge in [-0.1, -0.05) is 31.2 Å². The van der Waals surface area contributed by atoms with E-state index in [-0.39, 0.29) is 17.8 Å². The molecule has 2 aliphatic rings. The van der Waals surface area contributed by atoms with Crippen LogP contribution in [0.15, 0.2) is 66.7 Å². The number of ether oxygens (including phenoxy) is 2. The van der Waals surface area contributed by atoms with E-state index in [1.807, 2.05) is 49.4 Å². The first-order chi connectivity index (χ1) is 18.3. The summed E-state index contributed by atoms with van der Waals surface area (Å²) in [7, 11) is 1.62. The summed E-state index contributed by atoms with van der Waals surface area (Å²) < 4.78 is 12.7. The maximum absolute atomic E-state index is 12.1. The number of hydrogen-bond acceptors (Lipinski definition) is 5. The quantitative estimate of drug-likeness (QED) is 0.411. The van der Waals surface area contributed by atoms with Crippen LogP contribution in [-0.4, -0.2) is 48.7 Å². The molecule has 0 aliphatic carbocycles. The van der Waals surface area contributed by atoms with Crippen LogP contribution < -0.4 is 14.8 Å². The van der Waals surface area contributed by atoms with E-state index in [4.69, 9.17) is 9.47 Å². The average Bonchev–Trinajstić information content (AvgIpc) is 3.38. The normalized spacial score (nSPS) is 20.0. The lowest BCUT2D eigenvalue weighted by atomic mass is 9.86. The number of aromatic hydroxyl groups is 1. The predicted molar refractivity (Wildman–Crippen MR) is 151 cm³/mol. The molecule has 5 rings (SSSR count). The second-order valence-electron chi connectivity index (χ2n) is 10.5. The highest BCUT2D eigenvalue weighted by atomic mass is 16.5. The number of phenolic OH excluding ortho intramolecular Hbond substituents is 1. The Hall–Kier alpha value is -3.77. The SMILES string of the molecule is CNC(=O)c1ccc(C2=C(C)c3cc(O)ccc3OC2c2ccc(OC[C@H](C)N3CC[C@@H](C)C3)cc2)cc1. The van der Waals surface area contributed by atoms with Gasteiger partial charge >= 0.3 is 0 Å². The van der Waals surface area contributed by atoms with Crippen molar-refractivity contribution in [3.63, 3.8) is 0 Å². The Bertz CT molecular complexity index is 1330. The molecule has 2 N–H and O–H groups in total. The number of benzene rings is 3. The fourth-order valence-electron chi connectivity index (χ4n) is 5.42. The highest BCUT2D eigenvalue weighted by molar-refractivity contribution is 5.97. The molecule has 1 amide bonds. The van der Waals surface area contributed by atoms with Crippen LogP contribution in [0.1, 0.15) is 60.3 Å². The van der Waals surface area contributed by atoms with E-state index < -0.39 is 0 Å². The zero-order valence-corrected chi connectivity index (χ0v) is 22.5. The van der Waals surface area contributed by atoms with Crippen molar-refractivity contribution in [2.45, 2.75) is 39.3 Å². The molecular formula is C32H36N2O4. The molecular weight excluding hydrogens is 476 g/mol. The molecule has 6 heteroatoms. The van der Waals surface area contributed by atoms with Gasteiger partial charge in [-0.2, -0.15) is 0 Å². The summed E-state index contributed by atoms with van der Waals surface area (Å²) in [5.41, 5.74) is 5.44. The highest BCUT2D eigenvalue weighted by Crippen LogP contribution is 2.47. The van der Waals surface area contributed by atoms with Crippen molar-refractivity contribution >= 4 is 17.1 Å². The zero-order valence-electron chi connectivity index (χ0n) is 22.5. The zero-order chi connectivity index (χ0) is 26.8. The van der Waals surface area contributed by atoms with Crippen LogP contribution in [-0.2, 0) is 0 Å². The third-order valence-corrected chi connectivity index (χ3v) is 7.72. The molecule has 2 aliphatic heterocycles. The third kappa shape index (κ3) is 5.27. The Morgan fingerprint density at radius 2 is 1.87 bits per heavy atom. The van der Waals surface area contributed by atoms with Gasteiger partial charge in [-0.3, -0.25) is 9.69 Å². The van der Waals surface area contributed by atoms with Crippen molar-refractivity contribution in [1.82, 2.24) is 10.2 Å². The monoisotopic (exact) mass is 512 g/mol. The van der Waals surface area contributed by atoms with Gasteiger partial charge in [-0.25, -0.2) is 0 Å². The molecule has 0 spiro atoms. The van der Waals surface area contributed by atoms with E-state index in [1.165, 1.54) is 6.42 Å². The molecule has 0 aromatic heterocycles. The minimum atomic E-state index is -0.350. The van der Waals surface area contributed by atoms with Gasteiger partial charge < -0.3 is 19.9 Å². The van der Waals surface area contributed by atoms with Crippen LogP contribution >= 0.6 is 0 Å². The molecule has 6 nitrogen and oxygen atoms in total. The van der Waals surface area contributed by atoms with Crippen LogP contribution in [0.2, 0.25) is 0 Å². The second kappa shape index (κ2) is 10.9. The lowest BCUT2D eigenvalue weighted by molar-refractivity contribution is 0.0963. The van der Waals surface area contributed by atoms with E-state index in [2.05, 4.69) is 36.2 Å². The number of rotatable bonds is 7. The van der Waals surface area contributed by atoms with Crippen molar-refractivity contribution < 1.29 is 19.4 Å². The molecule has 1 fully saturated rings. The Balaban J connectivity index is 1.41. The van der Waals surface area contributed by atoms with Gasteiger partial charge in [0.2, 0.25) is 0 Å². The molecule has 1 saturated heterocycles. The molecule has 0 saturated carbocycles. The van der Waals surface area contributed by atoms with Gasteiger partial charge in [0.25, 0.3) is 5.91 Å². The van der Waals surface area contributed by atoms with Crippen LogP contribution in [0.25, 0.3) is 11.1 Å². The van der Waals surface area contributed by atoms with Gasteiger partial charge in [0, 0.05) is 36.3 Å². The summed E-state index contributed by atoms with van der Waals surface area (Å²) >= 11 is 0. The number of likely N-dealkylation sites (tertiary alicyclic amines) is 1. The average molecular weight is 513 g/mol. The van der Waals surface area contributed by atoms with Gasteiger partial charge in [0.15, 0.2) is 0 Å². The predicted octanol–water partition coefficient (Wildman–Crippen LogP) is 5.93. The number of amides is 1. The molecule has 0 bridgehead atoms. The van der Waals surface area contributed by atoms with Crippen molar-refractivity contribution in [2.24, 2.45) is 5.92 Å². The van der Waals surface area contributed by atoms with Gasteiger partial charge in [-0.15, -0.1) is 0 Å². The van der Waals surface area contributed by atoms with Gasteiger partial charge in [0.1, 0.15) is 30.0 Å². The number of nitrogens with zero attached hydrogens (tertiary/aromatic N) is 1. The minimum Gasteiger partial charge on any atom is -0.508 e. The van der Waals surface area contributed by atoms with Crippen molar-refractivity contribution in [2.75, 3.05) is 26.7 Å². The Morgan fingerprint density at radius 3 is 2.53 bits per heavy atom. The third-order valence-electron chi connectivity index (χ3n) is 7.72. The van der Waals surface area contributed by atoms with Crippen LogP contribution in [0.5, 0.6) is 17.2 Å². The van der Waals surface area contributed by atoms with Gasteiger partial charge in [0.05, 0.1) is 0 Å². The molecule has 198 valence electrons. The van der Waals surface area contributed by atoms with Crippen molar-refractivity contribution in [1.29, 1.82) is 0 Å². The molecule has 3 atom stereocenters. The summed E-state index contributed by atoms with van der Waals surface area (Å²) in [5.74, 6) is 2.39. The molecule has 38 heavy (non-hydrogen) atoms. The highest BCUT2D eigenvalue weighted by Gasteiger charge is 2.30. The number of allylic oxidation sites excluding steroid dienone is 1. The summed E-state index contributed by atoms with van der Waals surface area (Å²) in [4.78, 5) is 14.6. The number of carbonyl (C=O) groups is 1. The van der Waals surface area contributed by atoms with Crippen LogP contribution in [0, 0.1) is 5.92 Å². The van der Waals surface area contributed by atoms with E-state index in [1.54, 1.807) is 19.2 Å². The van der Waals surface area contributed by atoms with E-state index in [0.717, 1.165) is 58.3 Å². The minimum absolute atomic E-state index is 0.127. The maximum atomic E-state index is 12.1. The number of carbonyl (C=O) groups excluding carboxylic acids is 1. The number of hydrogen-bond donors (Lipinski definition) is 2. The fraction of sp³-hybridized carbons (Fsp3) is 0.344. The molecule has 2 heterocycles. The van der Waals surface area contributed by atoms with Gasteiger partial charge in [-0.05, 0) is 91.9 Å². The lowest BCUT2D eigenvalue weighted by Crippen LogP contribution is -2.35. The smallest absolute Gasteiger partial charge is 0.251 e. The van der Waals surface area contributed by atoms with E-state index in [0.29, 0.717) is 18.2 Å². The summed E-state index contributed by atoms with van der Waals surface area (Å²) in [6.07, 6.45) is 0.907. The molecule has 0 radical (unpaired) electrons. The molecule has 1 unspecified atom stereocenters. The summed E-state index contributed by atoms with van der Waals surface area (Å²) in [5, 5.41) is 12.8. The number of fused-ring (bicyclic) bond motifs is 1. The van der Waals surface area contributed by atoms with E-state index in [9.17, 15) is 9.90 Å². The first-order valence-electron chi connectivity index (χ1n) is 13.3. The molecule has 3 aromatic rings.